The standard InChI is InChI=1S/C58H35N5/c1-2-18-38(19-3-1)61-51-29-13-9-24-44(51)55-45(25-15-31-53(55)61)56-43-23-6-10-26-48(43)59-58(60-56)63-50-28-12-8-22-41(50)47-34-37-17-14-30-52(46(37)35-54(47)63)62-49-27-11-7-21-40(49)42-33-32-36-16-4-5-20-39(36)57(42)62/h1-35H. The molecule has 10 aromatic carbocycles. The molecule has 14 rings (SSSR count). The first-order valence-corrected chi connectivity index (χ1v) is 21.5. The predicted octanol–water partition coefficient (Wildman–Crippen LogP) is 14.9. The first-order valence-electron chi connectivity index (χ1n) is 21.5. The molecule has 0 spiro atoms. The molecule has 0 aliphatic heterocycles. The number of hydrogen-bond donors (Lipinski definition) is 0. The Hall–Kier alpha value is -8.54. The number of para-hydroxylation sites is 5. The quantitative estimate of drug-likeness (QED) is 0.178. The first kappa shape index (κ1) is 34.2. The number of rotatable bonds is 4. The molecule has 292 valence electrons. The van der Waals surface area contributed by atoms with Gasteiger partial charge in [-0.3, -0.25) is 4.57 Å². The van der Waals surface area contributed by atoms with Crippen LogP contribution in [0.15, 0.2) is 212 Å². The van der Waals surface area contributed by atoms with E-state index in [-0.39, 0.29) is 0 Å². The molecule has 0 fully saturated rings. The Morgan fingerprint density at radius 2 is 0.937 bits per heavy atom. The molecule has 0 radical (unpaired) electrons. The highest BCUT2D eigenvalue weighted by Crippen LogP contribution is 2.43. The molecular formula is C58H35N5. The van der Waals surface area contributed by atoms with Gasteiger partial charge in [0.05, 0.1) is 50.0 Å². The summed E-state index contributed by atoms with van der Waals surface area (Å²) in [6.45, 7) is 0. The van der Waals surface area contributed by atoms with Gasteiger partial charge in [-0.15, -0.1) is 0 Å². The fourth-order valence-electron chi connectivity index (χ4n) is 10.6. The van der Waals surface area contributed by atoms with Crippen molar-refractivity contribution < 1.29 is 0 Å². The zero-order valence-corrected chi connectivity index (χ0v) is 33.9. The lowest BCUT2D eigenvalue weighted by atomic mass is 10.0. The van der Waals surface area contributed by atoms with Gasteiger partial charge in [0, 0.05) is 59.7 Å². The minimum Gasteiger partial charge on any atom is -0.309 e. The normalized spacial score (nSPS) is 12.1. The SMILES string of the molecule is c1ccc(-n2c3ccccc3c3c(-c4nc(-n5c6ccccc6c6cc7cccc(-n8c9ccccc9c9ccc%10ccccc%10c98)c7cc65)nc5ccccc45)cccc32)cc1. The van der Waals surface area contributed by atoms with Crippen LogP contribution in [-0.2, 0) is 0 Å². The molecule has 0 amide bonds. The smallest absolute Gasteiger partial charge is 0.235 e. The molecule has 5 nitrogen and oxygen atoms in total. The zero-order valence-electron chi connectivity index (χ0n) is 33.9. The molecule has 14 aromatic rings. The van der Waals surface area contributed by atoms with Gasteiger partial charge in [-0.25, -0.2) is 9.97 Å². The maximum atomic E-state index is 5.66. The van der Waals surface area contributed by atoms with Crippen LogP contribution in [0.25, 0.3) is 126 Å². The van der Waals surface area contributed by atoms with E-state index in [1.807, 2.05) is 0 Å². The average Bonchev–Trinajstić information content (AvgIpc) is 3.99. The molecule has 0 aliphatic carbocycles. The summed E-state index contributed by atoms with van der Waals surface area (Å²) in [6, 6.07) is 76.6. The molecule has 0 saturated carbocycles. The van der Waals surface area contributed by atoms with Crippen molar-refractivity contribution in [3.63, 3.8) is 0 Å². The molecule has 63 heavy (non-hydrogen) atoms. The van der Waals surface area contributed by atoms with E-state index in [0.29, 0.717) is 5.95 Å². The highest BCUT2D eigenvalue weighted by molar-refractivity contribution is 6.21. The summed E-state index contributed by atoms with van der Waals surface area (Å²) >= 11 is 0. The number of benzene rings is 10. The van der Waals surface area contributed by atoms with Crippen molar-refractivity contribution in [2.45, 2.75) is 0 Å². The van der Waals surface area contributed by atoms with E-state index in [1.54, 1.807) is 0 Å². The van der Waals surface area contributed by atoms with Crippen LogP contribution in [0, 0.1) is 0 Å². The van der Waals surface area contributed by atoms with E-state index in [0.717, 1.165) is 71.8 Å². The van der Waals surface area contributed by atoms with Crippen LogP contribution in [0.5, 0.6) is 0 Å². The number of aromatic nitrogens is 5. The third-order valence-electron chi connectivity index (χ3n) is 13.2. The molecule has 4 heterocycles. The Balaban J connectivity index is 1.08. The van der Waals surface area contributed by atoms with Crippen molar-refractivity contribution in [2.75, 3.05) is 0 Å². The molecular weight excluding hydrogens is 767 g/mol. The lowest BCUT2D eigenvalue weighted by molar-refractivity contribution is 1.01. The van der Waals surface area contributed by atoms with Crippen LogP contribution in [0.4, 0.5) is 0 Å². The highest BCUT2D eigenvalue weighted by Gasteiger charge is 2.23. The second kappa shape index (κ2) is 13.0. The molecule has 5 heteroatoms. The summed E-state index contributed by atoms with van der Waals surface area (Å²) in [4.78, 5) is 11.1. The Bertz CT molecular complexity index is 4210. The van der Waals surface area contributed by atoms with Crippen molar-refractivity contribution in [3.05, 3.63) is 212 Å². The van der Waals surface area contributed by atoms with Gasteiger partial charge in [-0.05, 0) is 71.4 Å². The maximum absolute atomic E-state index is 5.66. The fourth-order valence-corrected chi connectivity index (χ4v) is 10.6. The molecule has 0 N–H and O–H groups in total. The van der Waals surface area contributed by atoms with Crippen molar-refractivity contribution >= 4 is 97.9 Å². The van der Waals surface area contributed by atoms with Crippen molar-refractivity contribution in [3.8, 4) is 28.6 Å². The van der Waals surface area contributed by atoms with Crippen molar-refractivity contribution in [2.24, 2.45) is 0 Å². The van der Waals surface area contributed by atoms with Crippen LogP contribution >= 0.6 is 0 Å². The Labute approximate surface area is 360 Å². The fraction of sp³-hybridized carbons (Fsp3) is 0. The topological polar surface area (TPSA) is 40.6 Å². The maximum Gasteiger partial charge on any atom is 0.235 e. The molecule has 0 unspecified atom stereocenters. The predicted molar refractivity (Wildman–Crippen MR) is 263 cm³/mol. The van der Waals surface area contributed by atoms with Crippen LogP contribution < -0.4 is 0 Å². The third-order valence-corrected chi connectivity index (χ3v) is 13.2. The Kier molecular flexibility index (Phi) is 7.05. The number of hydrogen-bond acceptors (Lipinski definition) is 2. The first-order chi connectivity index (χ1) is 31.3. The zero-order chi connectivity index (χ0) is 41.2. The Morgan fingerprint density at radius 3 is 1.76 bits per heavy atom. The van der Waals surface area contributed by atoms with E-state index in [2.05, 4.69) is 226 Å². The van der Waals surface area contributed by atoms with E-state index in [4.69, 9.17) is 9.97 Å². The van der Waals surface area contributed by atoms with E-state index < -0.39 is 0 Å². The summed E-state index contributed by atoms with van der Waals surface area (Å²) < 4.78 is 7.13. The average molecular weight is 802 g/mol. The largest absolute Gasteiger partial charge is 0.309 e. The molecule has 0 saturated heterocycles. The molecule has 0 atom stereocenters. The highest BCUT2D eigenvalue weighted by atomic mass is 15.2. The van der Waals surface area contributed by atoms with E-state index in [9.17, 15) is 0 Å². The van der Waals surface area contributed by atoms with Gasteiger partial charge in [0.15, 0.2) is 0 Å². The van der Waals surface area contributed by atoms with Crippen LogP contribution in [0.3, 0.4) is 0 Å². The van der Waals surface area contributed by atoms with E-state index >= 15 is 0 Å². The minimum atomic E-state index is 0.637. The van der Waals surface area contributed by atoms with Gasteiger partial charge >= 0.3 is 0 Å². The summed E-state index contributed by atoms with van der Waals surface area (Å²) in [5.41, 5.74) is 11.9. The number of nitrogens with zero attached hydrogens (tertiary/aromatic N) is 5. The van der Waals surface area contributed by atoms with Gasteiger partial charge < -0.3 is 9.13 Å². The van der Waals surface area contributed by atoms with Crippen LogP contribution in [0.1, 0.15) is 0 Å². The van der Waals surface area contributed by atoms with E-state index in [1.165, 1.54) is 48.7 Å². The summed E-state index contributed by atoms with van der Waals surface area (Å²) in [7, 11) is 0. The second-order valence-electron chi connectivity index (χ2n) is 16.5. The summed E-state index contributed by atoms with van der Waals surface area (Å²) in [6.07, 6.45) is 0. The molecule has 0 aliphatic rings. The van der Waals surface area contributed by atoms with Gasteiger partial charge in [-0.2, -0.15) is 0 Å². The molecule has 4 aromatic heterocycles. The minimum absolute atomic E-state index is 0.637. The van der Waals surface area contributed by atoms with Crippen molar-refractivity contribution in [1.29, 1.82) is 0 Å². The third kappa shape index (κ3) is 4.82. The van der Waals surface area contributed by atoms with Crippen LogP contribution in [0.2, 0.25) is 0 Å². The monoisotopic (exact) mass is 801 g/mol. The van der Waals surface area contributed by atoms with Gasteiger partial charge in [-0.1, -0.05) is 152 Å². The Morgan fingerprint density at radius 1 is 0.317 bits per heavy atom. The lowest BCUT2D eigenvalue weighted by Crippen LogP contribution is -2.04. The van der Waals surface area contributed by atoms with Gasteiger partial charge in [0.1, 0.15) is 0 Å². The summed E-state index contributed by atoms with van der Waals surface area (Å²) in [5.74, 6) is 0.637. The molecule has 0 bridgehead atoms. The lowest BCUT2D eigenvalue weighted by Gasteiger charge is -2.15. The van der Waals surface area contributed by atoms with Gasteiger partial charge in [0.2, 0.25) is 5.95 Å². The van der Waals surface area contributed by atoms with Crippen LogP contribution in [-0.4, -0.2) is 23.7 Å². The summed E-state index contributed by atoms with van der Waals surface area (Å²) in [5, 5.41) is 13.0. The van der Waals surface area contributed by atoms with Crippen molar-refractivity contribution in [1.82, 2.24) is 23.7 Å². The number of fused-ring (bicyclic) bond motifs is 13. The second-order valence-corrected chi connectivity index (χ2v) is 16.5. The van der Waals surface area contributed by atoms with Gasteiger partial charge in [0.25, 0.3) is 0 Å².